The Labute approximate surface area is 68.2 Å². The van der Waals surface area contributed by atoms with E-state index in [1.54, 1.807) is 0 Å². The monoisotopic (exact) mass is 158 g/mol. The van der Waals surface area contributed by atoms with Gasteiger partial charge in [-0.25, -0.2) is 0 Å². The Morgan fingerprint density at radius 1 is 1.27 bits per heavy atom. The normalized spacial score (nSPS) is 45.8. The molecular formula is C9H18O2. The molecule has 11 heavy (non-hydrogen) atoms. The Hall–Kier alpha value is -0.0800. The highest BCUT2D eigenvalue weighted by atomic mass is 16.3. The maximum atomic E-state index is 9.51. The molecule has 0 saturated heterocycles. The van der Waals surface area contributed by atoms with Crippen molar-refractivity contribution in [3.8, 4) is 0 Å². The van der Waals surface area contributed by atoms with E-state index < -0.39 is 12.2 Å². The lowest BCUT2D eigenvalue weighted by Crippen LogP contribution is -2.39. The van der Waals surface area contributed by atoms with E-state index in [9.17, 15) is 10.2 Å². The first-order valence-corrected chi connectivity index (χ1v) is 4.51. The Bertz CT molecular complexity index is 125. The predicted octanol–water partition coefficient (Wildman–Crippen LogP) is 1.16. The average molecular weight is 158 g/mol. The molecule has 0 heterocycles. The Morgan fingerprint density at radius 2 is 1.91 bits per heavy atom. The fourth-order valence-corrected chi connectivity index (χ4v) is 2.03. The minimum absolute atomic E-state index is 0.314. The molecule has 0 aromatic rings. The molecule has 0 spiro atoms. The third kappa shape index (κ3) is 1.94. The zero-order valence-corrected chi connectivity index (χ0v) is 7.33. The van der Waals surface area contributed by atoms with E-state index in [1.165, 1.54) is 0 Å². The highest BCUT2D eigenvalue weighted by Gasteiger charge is 2.32. The molecule has 1 aliphatic rings. The van der Waals surface area contributed by atoms with E-state index in [0.717, 1.165) is 19.3 Å². The summed E-state index contributed by atoms with van der Waals surface area (Å²) in [6.45, 7) is 4.20. The van der Waals surface area contributed by atoms with Crippen LogP contribution < -0.4 is 0 Å². The van der Waals surface area contributed by atoms with Crippen LogP contribution in [0.15, 0.2) is 0 Å². The zero-order valence-electron chi connectivity index (χ0n) is 7.33. The maximum Gasteiger partial charge on any atom is 0.0827 e. The lowest BCUT2D eigenvalue weighted by atomic mass is 9.77. The number of aliphatic hydroxyl groups is 2. The van der Waals surface area contributed by atoms with Gasteiger partial charge >= 0.3 is 0 Å². The summed E-state index contributed by atoms with van der Waals surface area (Å²) >= 11 is 0. The first-order chi connectivity index (χ1) is 5.15. The largest absolute Gasteiger partial charge is 0.390 e. The van der Waals surface area contributed by atoms with Crippen LogP contribution in [0.3, 0.4) is 0 Å². The lowest BCUT2D eigenvalue weighted by molar-refractivity contribution is -0.0599. The molecule has 0 aromatic carbocycles. The van der Waals surface area contributed by atoms with Crippen molar-refractivity contribution in [2.75, 3.05) is 0 Å². The lowest BCUT2D eigenvalue weighted by Gasteiger charge is -2.34. The molecule has 0 radical (unpaired) electrons. The van der Waals surface area contributed by atoms with Gasteiger partial charge in [0.05, 0.1) is 12.2 Å². The number of aliphatic hydroxyl groups excluding tert-OH is 2. The van der Waals surface area contributed by atoms with Crippen LogP contribution in [0, 0.1) is 11.8 Å². The van der Waals surface area contributed by atoms with E-state index in [-0.39, 0.29) is 0 Å². The second-order valence-corrected chi connectivity index (χ2v) is 3.80. The minimum Gasteiger partial charge on any atom is -0.390 e. The second kappa shape index (κ2) is 3.55. The van der Waals surface area contributed by atoms with Crippen molar-refractivity contribution in [2.45, 2.75) is 45.3 Å². The van der Waals surface area contributed by atoms with Crippen molar-refractivity contribution in [2.24, 2.45) is 11.8 Å². The fraction of sp³-hybridized carbons (Fsp3) is 1.00. The maximum absolute atomic E-state index is 9.51. The van der Waals surface area contributed by atoms with Crippen LogP contribution in [0.25, 0.3) is 0 Å². The third-order valence-corrected chi connectivity index (χ3v) is 2.75. The summed E-state index contributed by atoms with van der Waals surface area (Å²) in [5, 5.41) is 18.9. The van der Waals surface area contributed by atoms with Crippen LogP contribution in [-0.2, 0) is 0 Å². The van der Waals surface area contributed by atoms with Crippen LogP contribution in [0.1, 0.15) is 33.1 Å². The molecule has 4 atom stereocenters. The average Bonchev–Trinajstić information content (AvgIpc) is 1.96. The van der Waals surface area contributed by atoms with E-state index in [1.807, 2.05) is 0 Å². The van der Waals surface area contributed by atoms with Crippen molar-refractivity contribution in [1.29, 1.82) is 0 Å². The van der Waals surface area contributed by atoms with E-state index in [4.69, 9.17) is 0 Å². The molecule has 0 amide bonds. The first kappa shape index (κ1) is 9.01. The molecule has 2 nitrogen and oxygen atoms in total. The van der Waals surface area contributed by atoms with Gasteiger partial charge < -0.3 is 10.2 Å². The molecule has 66 valence electrons. The summed E-state index contributed by atoms with van der Waals surface area (Å²) in [4.78, 5) is 0. The molecule has 1 fully saturated rings. The van der Waals surface area contributed by atoms with Gasteiger partial charge in [-0.15, -0.1) is 0 Å². The Kier molecular flexibility index (Phi) is 2.90. The van der Waals surface area contributed by atoms with Crippen LogP contribution >= 0.6 is 0 Å². The molecule has 4 unspecified atom stereocenters. The Morgan fingerprint density at radius 3 is 2.45 bits per heavy atom. The molecule has 0 aromatic heterocycles. The minimum atomic E-state index is -0.483. The van der Waals surface area contributed by atoms with Gasteiger partial charge in [-0.3, -0.25) is 0 Å². The fourth-order valence-electron chi connectivity index (χ4n) is 2.03. The summed E-state index contributed by atoms with van der Waals surface area (Å²) in [6.07, 6.45) is 1.84. The predicted molar refractivity (Wildman–Crippen MR) is 44.2 cm³/mol. The van der Waals surface area contributed by atoms with E-state index in [2.05, 4.69) is 13.8 Å². The first-order valence-electron chi connectivity index (χ1n) is 4.51. The second-order valence-electron chi connectivity index (χ2n) is 3.80. The Balaban J connectivity index is 2.51. The van der Waals surface area contributed by atoms with Crippen molar-refractivity contribution in [1.82, 2.24) is 0 Å². The van der Waals surface area contributed by atoms with Gasteiger partial charge in [0.15, 0.2) is 0 Å². The van der Waals surface area contributed by atoms with Crippen molar-refractivity contribution in [3.05, 3.63) is 0 Å². The van der Waals surface area contributed by atoms with Crippen molar-refractivity contribution >= 4 is 0 Å². The van der Waals surface area contributed by atoms with Gasteiger partial charge in [-0.1, -0.05) is 20.3 Å². The zero-order chi connectivity index (χ0) is 8.43. The third-order valence-electron chi connectivity index (χ3n) is 2.75. The molecule has 1 saturated carbocycles. The van der Waals surface area contributed by atoms with Crippen molar-refractivity contribution in [3.63, 3.8) is 0 Å². The smallest absolute Gasteiger partial charge is 0.0827 e. The quantitative estimate of drug-likeness (QED) is 0.601. The van der Waals surface area contributed by atoms with Crippen LogP contribution in [0.5, 0.6) is 0 Å². The van der Waals surface area contributed by atoms with Gasteiger partial charge in [0.1, 0.15) is 0 Å². The van der Waals surface area contributed by atoms with Gasteiger partial charge in [0, 0.05) is 0 Å². The molecular weight excluding hydrogens is 140 g/mol. The molecule has 1 aliphatic carbocycles. The number of hydrogen-bond acceptors (Lipinski definition) is 2. The van der Waals surface area contributed by atoms with E-state index >= 15 is 0 Å². The molecule has 0 bridgehead atoms. The van der Waals surface area contributed by atoms with Crippen LogP contribution in [0.4, 0.5) is 0 Å². The number of rotatable bonds is 1. The summed E-state index contributed by atoms with van der Waals surface area (Å²) in [6, 6.07) is 0. The highest BCUT2D eigenvalue weighted by Crippen LogP contribution is 2.31. The van der Waals surface area contributed by atoms with Crippen molar-refractivity contribution < 1.29 is 10.2 Å². The van der Waals surface area contributed by atoms with Gasteiger partial charge in [-0.05, 0) is 24.7 Å². The number of hydrogen-bond donors (Lipinski definition) is 2. The highest BCUT2D eigenvalue weighted by molar-refractivity contribution is 4.83. The molecule has 2 heteroatoms. The summed E-state index contributed by atoms with van der Waals surface area (Å²) < 4.78 is 0. The summed E-state index contributed by atoms with van der Waals surface area (Å²) in [7, 11) is 0. The molecule has 0 aliphatic heterocycles. The topological polar surface area (TPSA) is 40.5 Å². The summed E-state index contributed by atoms with van der Waals surface area (Å²) in [5.41, 5.74) is 0. The standard InChI is InChI=1S/C9H18O2/c1-3-7-4-6(2)5-8(10)9(7)11/h6-11H,3-5H2,1-2H3. The van der Waals surface area contributed by atoms with Gasteiger partial charge in [0.2, 0.25) is 0 Å². The summed E-state index contributed by atoms with van der Waals surface area (Å²) in [5.74, 6) is 0.882. The van der Waals surface area contributed by atoms with Crippen LogP contribution in [-0.4, -0.2) is 22.4 Å². The molecule has 2 N–H and O–H groups in total. The SMILES string of the molecule is CCC1CC(C)CC(O)C1O. The molecule has 1 rings (SSSR count). The van der Waals surface area contributed by atoms with E-state index in [0.29, 0.717) is 11.8 Å². The van der Waals surface area contributed by atoms with Gasteiger partial charge in [-0.2, -0.15) is 0 Å². The van der Waals surface area contributed by atoms with Crippen LogP contribution in [0.2, 0.25) is 0 Å². The van der Waals surface area contributed by atoms with Gasteiger partial charge in [0.25, 0.3) is 0 Å².